The van der Waals surface area contributed by atoms with Crippen LogP contribution in [0.4, 0.5) is 5.95 Å². The third-order valence-electron chi connectivity index (χ3n) is 1.92. The first-order valence-corrected chi connectivity index (χ1v) is 6.16. The number of rotatable bonds is 5. The van der Waals surface area contributed by atoms with Gasteiger partial charge in [0.25, 0.3) is 0 Å². The molecule has 2 rings (SSSR count). The molecule has 2 heterocycles. The number of nitrogens with zero attached hydrogens (tertiary/aromatic N) is 4. The van der Waals surface area contributed by atoms with E-state index in [0.717, 1.165) is 12.1 Å². The quantitative estimate of drug-likeness (QED) is 0.891. The highest BCUT2D eigenvalue weighted by atomic mass is 35.5. The Morgan fingerprint density at radius 1 is 1.41 bits per heavy atom. The average molecular weight is 272 g/mol. The van der Waals surface area contributed by atoms with Crippen LogP contribution in [0.25, 0.3) is 0 Å². The van der Waals surface area contributed by atoms with Crippen LogP contribution < -0.4 is 10.1 Å². The Labute approximate surface area is 107 Å². The molecule has 2 aromatic heterocycles. The fraction of sp³-hybridized carbons (Fsp3) is 0.333. The molecule has 0 aromatic carbocycles. The van der Waals surface area contributed by atoms with E-state index in [9.17, 15) is 0 Å². The first-order valence-electron chi connectivity index (χ1n) is 4.84. The Bertz CT molecular complexity index is 478. The largest absolute Gasteiger partial charge is 0.467 e. The standard InChI is InChI=1S/C9H10ClN5OS/c1-16-9-14-7(10)13-8(15-9)11-3-2-6-4-17-5-12-6/h4-5H,2-3H2,1H3,(H,11,13,14,15). The van der Waals surface area contributed by atoms with E-state index in [0.29, 0.717) is 12.5 Å². The van der Waals surface area contributed by atoms with Gasteiger partial charge in [-0.05, 0) is 11.6 Å². The zero-order valence-corrected chi connectivity index (χ0v) is 10.6. The third-order valence-corrected chi connectivity index (χ3v) is 2.72. The second-order valence-corrected chi connectivity index (χ2v) is 4.13. The maximum Gasteiger partial charge on any atom is 0.322 e. The van der Waals surface area contributed by atoms with Crippen LogP contribution in [0.5, 0.6) is 6.01 Å². The lowest BCUT2D eigenvalue weighted by molar-refractivity contribution is 0.379. The third kappa shape index (κ3) is 3.50. The van der Waals surface area contributed by atoms with Crippen LogP contribution in [0.1, 0.15) is 5.69 Å². The summed E-state index contributed by atoms with van der Waals surface area (Å²) in [5.74, 6) is 0.400. The van der Waals surface area contributed by atoms with E-state index in [1.165, 1.54) is 7.11 Å². The summed E-state index contributed by atoms with van der Waals surface area (Å²) in [4.78, 5) is 15.9. The van der Waals surface area contributed by atoms with Crippen molar-refractivity contribution < 1.29 is 4.74 Å². The first-order chi connectivity index (χ1) is 8.28. The summed E-state index contributed by atoms with van der Waals surface area (Å²) in [5.41, 5.74) is 2.84. The van der Waals surface area contributed by atoms with Crippen molar-refractivity contribution in [1.82, 2.24) is 19.9 Å². The molecule has 0 aliphatic carbocycles. The molecule has 2 aromatic rings. The molecule has 0 aliphatic heterocycles. The summed E-state index contributed by atoms with van der Waals surface area (Å²) in [6.45, 7) is 0.674. The number of anilines is 1. The fourth-order valence-corrected chi connectivity index (χ4v) is 1.91. The monoisotopic (exact) mass is 271 g/mol. The molecule has 0 spiro atoms. The summed E-state index contributed by atoms with van der Waals surface area (Å²) in [5, 5.41) is 5.14. The van der Waals surface area contributed by atoms with Crippen molar-refractivity contribution >= 4 is 28.9 Å². The van der Waals surface area contributed by atoms with Crippen LogP contribution >= 0.6 is 22.9 Å². The van der Waals surface area contributed by atoms with Crippen molar-refractivity contribution in [3.63, 3.8) is 0 Å². The molecule has 1 N–H and O–H groups in total. The number of nitrogens with one attached hydrogen (secondary N) is 1. The van der Waals surface area contributed by atoms with Gasteiger partial charge in [-0.2, -0.15) is 15.0 Å². The van der Waals surface area contributed by atoms with Crippen LogP contribution in [0.2, 0.25) is 5.28 Å². The summed E-state index contributed by atoms with van der Waals surface area (Å²) in [6.07, 6.45) is 0.801. The van der Waals surface area contributed by atoms with Gasteiger partial charge in [0.15, 0.2) is 0 Å². The molecule has 0 aliphatic rings. The van der Waals surface area contributed by atoms with Crippen LogP contribution in [0.3, 0.4) is 0 Å². The Morgan fingerprint density at radius 3 is 3.00 bits per heavy atom. The summed E-state index contributed by atoms with van der Waals surface area (Å²) >= 11 is 7.29. The molecule has 6 nitrogen and oxygen atoms in total. The molecular weight excluding hydrogens is 262 g/mol. The Balaban J connectivity index is 1.92. The van der Waals surface area contributed by atoms with Crippen LogP contribution in [0.15, 0.2) is 10.9 Å². The number of hydrogen-bond acceptors (Lipinski definition) is 7. The molecular formula is C9H10ClN5OS. The van der Waals surface area contributed by atoms with Gasteiger partial charge in [-0.1, -0.05) is 0 Å². The highest BCUT2D eigenvalue weighted by Gasteiger charge is 2.04. The molecule has 0 radical (unpaired) electrons. The molecule has 0 atom stereocenters. The lowest BCUT2D eigenvalue weighted by atomic mass is 10.3. The number of aromatic nitrogens is 4. The van der Waals surface area contributed by atoms with Gasteiger partial charge in [-0.25, -0.2) is 4.98 Å². The molecule has 0 amide bonds. The molecule has 17 heavy (non-hydrogen) atoms. The smallest absolute Gasteiger partial charge is 0.322 e. The lowest BCUT2D eigenvalue weighted by Gasteiger charge is -2.04. The topological polar surface area (TPSA) is 72.8 Å². The predicted molar refractivity (Wildman–Crippen MR) is 65.7 cm³/mol. The number of ether oxygens (including phenoxy) is 1. The second kappa shape index (κ2) is 5.74. The second-order valence-electron chi connectivity index (χ2n) is 3.07. The van der Waals surface area contributed by atoms with Crippen molar-refractivity contribution in [2.24, 2.45) is 0 Å². The fourth-order valence-electron chi connectivity index (χ4n) is 1.17. The van der Waals surface area contributed by atoms with Crippen molar-refractivity contribution in [3.8, 4) is 6.01 Å². The lowest BCUT2D eigenvalue weighted by Crippen LogP contribution is -2.09. The Kier molecular flexibility index (Phi) is 4.05. The average Bonchev–Trinajstić information content (AvgIpc) is 2.81. The van der Waals surface area contributed by atoms with Gasteiger partial charge in [0, 0.05) is 18.3 Å². The summed E-state index contributed by atoms with van der Waals surface area (Å²) in [6, 6.07) is 0.196. The molecule has 0 saturated carbocycles. The maximum atomic E-state index is 5.71. The van der Waals surface area contributed by atoms with E-state index < -0.39 is 0 Å². The summed E-state index contributed by atoms with van der Waals surface area (Å²) in [7, 11) is 1.48. The van der Waals surface area contributed by atoms with E-state index in [4.69, 9.17) is 16.3 Å². The minimum Gasteiger partial charge on any atom is -0.467 e. The van der Waals surface area contributed by atoms with Crippen molar-refractivity contribution in [1.29, 1.82) is 0 Å². The zero-order chi connectivity index (χ0) is 12.1. The van der Waals surface area contributed by atoms with Gasteiger partial charge < -0.3 is 10.1 Å². The van der Waals surface area contributed by atoms with Gasteiger partial charge in [-0.3, -0.25) is 0 Å². The van der Waals surface area contributed by atoms with Gasteiger partial charge >= 0.3 is 6.01 Å². The SMILES string of the molecule is COc1nc(Cl)nc(NCCc2cscn2)n1. The molecule has 0 unspecified atom stereocenters. The Morgan fingerprint density at radius 2 is 2.29 bits per heavy atom. The normalized spacial score (nSPS) is 10.2. The molecule has 0 fully saturated rings. The van der Waals surface area contributed by atoms with Crippen molar-refractivity contribution in [3.05, 3.63) is 21.9 Å². The van der Waals surface area contributed by atoms with Crippen molar-refractivity contribution in [2.75, 3.05) is 19.0 Å². The van der Waals surface area contributed by atoms with E-state index in [1.54, 1.807) is 16.8 Å². The predicted octanol–water partition coefficient (Wildman–Crippen LogP) is 1.64. The van der Waals surface area contributed by atoms with Crippen molar-refractivity contribution in [2.45, 2.75) is 6.42 Å². The first kappa shape index (κ1) is 12.0. The highest BCUT2D eigenvalue weighted by Crippen LogP contribution is 2.10. The number of thiazole rings is 1. The molecule has 0 saturated heterocycles. The number of methoxy groups -OCH3 is 1. The minimum absolute atomic E-state index is 0.105. The van der Waals surface area contributed by atoms with Crippen LogP contribution in [0, 0.1) is 0 Å². The molecule has 8 heteroatoms. The number of halogens is 1. The van der Waals surface area contributed by atoms with Gasteiger partial charge in [0.2, 0.25) is 11.2 Å². The van der Waals surface area contributed by atoms with Gasteiger partial charge in [0.1, 0.15) is 0 Å². The minimum atomic E-state index is 0.105. The molecule has 0 bridgehead atoms. The van der Waals surface area contributed by atoms with Crippen LogP contribution in [-0.2, 0) is 6.42 Å². The van der Waals surface area contributed by atoms with Gasteiger partial charge in [-0.15, -0.1) is 11.3 Å². The van der Waals surface area contributed by atoms with E-state index >= 15 is 0 Å². The van der Waals surface area contributed by atoms with E-state index in [1.807, 2.05) is 5.38 Å². The van der Waals surface area contributed by atoms with E-state index in [-0.39, 0.29) is 11.3 Å². The Hall–Kier alpha value is -1.47. The van der Waals surface area contributed by atoms with Crippen LogP contribution in [-0.4, -0.2) is 33.6 Å². The van der Waals surface area contributed by atoms with E-state index in [2.05, 4.69) is 25.3 Å². The number of hydrogen-bond donors (Lipinski definition) is 1. The summed E-state index contributed by atoms with van der Waals surface area (Å²) < 4.78 is 4.89. The zero-order valence-electron chi connectivity index (χ0n) is 9.05. The highest BCUT2D eigenvalue weighted by molar-refractivity contribution is 7.07. The maximum absolute atomic E-state index is 5.71. The molecule has 90 valence electrons. The van der Waals surface area contributed by atoms with Gasteiger partial charge in [0.05, 0.1) is 18.3 Å².